The number of carbonyl (C=O) groups excluding carboxylic acids is 1. The van der Waals surface area contributed by atoms with Gasteiger partial charge in [-0.1, -0.05) is 46.3 Å². The van der Waals surface area contributed by atoms with Gasteiger partial charge < -0.3 is 4.74 Å². The van der Waals surface area contributed by atoms with Gasteiger partial charge in [-0.2, -0.15) is 0 Å². The van der Waals surface area contributed by atoms with Crippen molar-refractivity contribution in [3.05, 3.63) is 40.9 Å². The van der Waals surface area contributed by atoms with Crippen LogP contribution in [0.2, 0.25) is 0 Å². The van der Waals surface area contributed by atoms with Crippen molar-refractivity contribution >= 4 is 33.2 Å². The van der Waals surface area contributed by atoms with Crippen LogP contribution in [0.5, 0.6) is 0 Å². The first-order chi connectivity index (χ1) is 9.26. The second-order valence-corrected chi connectivity index (χ2v) is 5.69. The zero-order valence-corrected chi connectivity index (χ0v) is 13.0. The Balaban J connectivity index is 2.37. The second kappa shape index (κ2) is 6.82. The lowest BCUT2D eigenvalue weighted by Gasteiger charge is -1.99. The number of ether oxygens (including phenoxy) is 1. The highest BCUT2D eigenvalue weighted by Gasteiger charge is 2.19. The SMILES string of the molecule is CCOC(=O)c1nc(-c2ccccc2)sc1CCBr. The molecule has 100 valence electrons. The predicted octanol–water partition coefficient (Wildman–Crippen LogP) is 3.92. The van der Waals surface area contributed by atoms with Crippen LogP contribution in [0.4, 0.5) is 0 Å². The lowest BCUT2D eigenvalue weighted by molar-refractivity contribution is 0.0519. The van der Waals surface area contributed by atoms with Crippen molar-refractivity contribution in [1.82, 2.24) is 4.98 Å². The van der Waals surface area contributed by atoms with Crippen LogP contribution in [0.3, 0.4) is 0 Å². The van der Waals surface area contributed by atoms with Crippen molar-refractivity contribution in [3.63, 3.8) is 0 Å². The smallest absolute Gasteiger partial charge is 0.358 e. The molecule has 0 saturated heterocycles. The van der Waals surface area contributed by atoms with E-state index in [2.05, 4.69) is 20.9 Å². The van der Waals surface area contributed by atoms with Crippen LogP contribution in [-0.2, 0) is 11.2 Å². The van der Waals surface area contributed by atoms with Crippen molar-refractivity contribution in [3.8, 4) is 10.6 Å². The maximum Gasteiger partial charge on any atom is 0.358 e. The molecule has 1 aromatic heterocycles. The molecule has 0 aliphatic heterocycles. The summed E-state index contributed by atoms with van der Waals surface area (Å²) in [6.07, 6.45) is 0.776. The van der Waals surface area contributed by atoms with Gasteiger partial charge >= 0.3 is 5.97 Å². The van der Waals surface area contributed by atoms with Crippen LogP contribution in [0.15, 0.2) is 30.3 Å². The summed E-state index contributed by atoms with van der Waals surface area (Å²) >= 11 is 4.95. The average Bonchev–Trinajstić information content (AvgIpc) is 2.85. The summed E-state index contributed by atoms with van der Waals surface area (Å²) in [5.41, 5.74) is 1.48. The summed E-state index contributed by atoms with van der Waals surface area (Å²) in [7, 11) is 0. The topological polar surface area (TPSA) is 39.2 Å². The zero-order valence-electron chi connectivity index (χ0n) is 10.6. The van der Waals surface area contributed by atoms with Gasteiger partial charge in [0, 0.05) is 15.8 Å². The van der Waals surface area contributed by atoms with Gasteiger partial charge in [-0.05, 0) is 13.3 Å². The van der Waals surface area contributed by atoms with E-state index in [1.165, 1.54) is 0 Å². The number of nitrogens with zero attached hydrogens (tertiary/aromatic N) is 1. The molecule has 0 atom stereocenters. The molecule has 0 bridgehead atoms. The Bertz CT molecular complexity index is 554. The van der Waals surface area contributed by atoms with Crippen molar-refractivity contribution in [2.24, 2.45) is 0 Å². The third-order valence-electron chi connectivity index (χ3n) is 2.51. The van der Waals surface area contributed by atoms with Gasteiger partial charge in [-0.25, -0.2) is 9.78 Å². The number of aryl methyl sites for hydroxylation is 1. The highest BCUT2D eigenvalue weighted by Crippen LogP contribution is 2.29. The molecule has 0 spiro atoms. The Kier molecular flexibility index (Phi) is 5.10. The largest absolute Gasteiger partial charge is 0.461 e. The monoisotopic (exact) mass is 339 g/mol. The molecule has 0 N–H and O–H groups in total. The number of esters is 1. The first-order valence-electron chi connectivity index (χ1n) is 6.04. The molecule has 2 aromatic rings. The minimum absolute atomic E-state index is 0.336. The second-order valence-electron chi connectivity index (χ2n) is 3.82. The number of rotatable bonds is 5. The summed E-state index contributed by atoms with van der Waals surface area (Å²) < 4.78 is 5.05. The van der Waals surface area contributed by atoms with Gasteiger partial charge in [-0.3, -0.25) is 0 Å². The van der Waals surface area contributed by atoms with E-state index >= 15 is 0 Å². The van der Waals surface area contributed by atoms with Gasteiger partial charge in [0.1, 0.15) is 5.01 Å². The molecule has 0 amide bonds. The first-order valence-corrected chi connectivity index (χ1v) is 7.98. The van der Waals surface area contributed by atoms with E-state index < -0.39 is 0 Å². The Morgan fingerprint density at radius 3 is 2.74 bits per heavy atom. The van der Waals surface area contributed by atoms with E-state index in [1.807, 2.05) is 30.3 Å². The first kappa shape index (κ1) is 14.2. The van der Waals surface area contributed by atoms with Crippen LogP contribution in [0.1, 0.15) is 22.3 Å². The molecule has 2 rings (SSSR count). The quantitative estimate of drug-likeness (QED) is 0.612. The van der Waals surface area contributed by atoms with E-state index in [9.17, 15) is 4.79 Å². The van der Waals surface area contributed by atoms with E-state index in [4.69, 9.17) is 4.74 Å². The fraction of sp³-hybridized carbons (Fsp3) is 0.286. The third kappa shape index (κ3) is 3.42. The molecular formula is C14H14BrNO2S. The van der Waals surface area contributed by atoms with Gasteiger partial charge in [0.15, 0.2) is 5.69 Å². The molecule has 0 radical (unpaired) electrons. The minimum atomic E-state index is -0.336. The van der Waals surface area contributed by atoms with Crippen LogP contribution in [0, 0.1) is 0 Å². The van der Waals surface area contributed by atoms with Crippen LogP contribution < -0.4 is 0 Å². The van der Waals surface area contributed by atoms with Gasteiger partial charge in [0.2, 0.25) is 0 Å². The van der Waals surface area contributed by atoms with E-state index in [-0.39, 0.29) is 5.97 Å². The molecule has 0 fully saturated rings. The Labute approximate surface area is 124 Å². The summed E-state index contributed by atoms with van der Waals surface area (Å²) in [5, 5.41) is 1.66. The number of aromatic nitrogens is 1. The normalized spacial score (nSPS) is 10.4. The molecule has 19 heavy (non-hydrogen) atoms. The lowest BCUT2D eigenvalue weighted by atomic mass is 10.2. The summed E-state index contributed by atoms with van der Waals surface area (Å²) in [4.78, 5) is 17.3. The fourth-order valence-corrected chi connectivity index (χ4v) is 3.38. The molecule has 0 aliphatic rings. The Morgan fingerprint density at radius 2 is 2.11 bits per heavy atom. The summed E-state index contributed by atoms with van der Waals surface area (Å²) in [5.74, 6) is -0.336. The maximum atomic E-state index is 11.9. The van der Waals surface area contributed by atoms with E-state index in [0.29, 0.717) is 12.3 Å². The van der Waals surface area contributed by atoms with Gasteiger partial charge in [0.25, 0.3) is 0 Å². The Morgan fingerprint density at radius 1 is 1.37 bits per heavy atom. The molecule has 5 heteroatoms. The molecule has 0 aliphatic carbocycles. The molecule has 1 heterocycles. The number of carbonyl (C=O) groups is 1. The number of thiazole rings is 1. The van der Waals surface area contributed by atoms with Crippen LogP contribution >= 0.6 is 27.3 Å². The van der Waals surface area contributed by atoms with Crippen molar-refractivity contribution in [2.75, 3.05) is 11.9 Å². The average molecular weight is 340 g/mol. The number of alkyl halides is 1. The van der Waals surface area contributed by atoms with E-state index in [1.54, 1.807) is 18.3 Å². The summed E-state index contributed by atoms with van der Waals surface area (Å²) in [6.45, 7) is 2.16. The highest BCUT2D eigenvalue weighted by molar-refractivity contribution is 9.09. The van der Waals surface area contributed by atoms with Gasteiger partial charge in [-0.15, -0.1) is 11.3 Å². The molecule has 1 aromatic carbocycles. The number of halogens is 1. The molecule has 3 nitrogen and oxygen atoms in total. The summed E-state index contributed by atoms with van der Waals surface area (Å²) in [6, 6.07) is 9.87. The fourth-order valence-electron chi connectivity index (χ4n) is 1.67. The standard InChI is InChI=1S/C14H14BrNO2S/c1-2-18-14(17)12-11(8-9-15)19-13(16-12)10-6-4-3-5-7-10/h3-7H,2,8-9H2,1H3. The maximum absolute atomic E-state index is 11.9. The number of hydrogen-bond donors (Lipinski definition) is 0. The minimum Gasteiger partial charge on any atom is -0.461 e. The number of benzene rings is 1. The van der Waals surface area contributed by atoms with Crippen LogP contribution in [0.25, 0.3) is 10.6 Å². The third-order valence-corrected chi connectivity index (χ3v) is 4.07. The number of hydrogen-bond acceptors (Lipinski definition) is 4. The van der Waals surface area contributed by atoms with Gasteiger partial charge in [0.05, 0.1) is 6.61 Å². The van der Waals surface area contributed by atoms with E-state index in [0.717, 1.165) is 27.2 Å². The lowest BCUT2D eigenvalue weighted by Crippen LogP contribution is -2.07. The van der Waals surface area contributed by atoms with Crippen molar-refractivity contribution in [1.29, 1.82) is 0 Å². The molecular weight excluding hydrogens is 326 g/mol. The predicted molar refractivity (Wildman–Crippen MR) is 81.0 cm³/mol. The molecule has 0 unspecified atom stereocenters. The van der Waals surface area contributed by atoms with Crippen molar-refractivity contribution < 1.29 is 9.53 Å². The highest BCUT2D eigenvalue weighted by atomic mass is 79.9. The zero-order chi connectivity index (χ0) is 13.7. The van der Waals surface area contributed by atoms with Crippen molar-refractivity contribution in [2.45, 2.75) is 13.3 Å². The Hall–Kier alpha value is -1.20. The van der Waals surface area contributed by atoms with Crippen LogP contribution in [-0.4, -0.2) is 22.9 Å². The molecule has 0 saturated carbocycles.